The van der Waals surface area contributed by atoms with Crippen LogP contribution in [0.1, 0.15) is 61.9 Å². The zero-order chi connectivity index (χ0) is 26.6. The maximum absolute atomic E-state index is 13.3. The van der Waals surface area contributed by atoms with Crippen LogP contribution in [0.4, 0.5) is 0 Å². The van der Waals surface area contributed by atoms with E-state index >= 15 is 0 Å². The largest absolute Gasteiger partial charge is 0.436 e. The molecule has 1 N–H and O–H groups in total. The first kappa shape index (κ1) is 26.4. The van der Waals surface area contributed by atoms with Gasteiger partial charge in [-0.05, 0) is 82.3 Å². The summed E-state index contributed by atoms with van der Waals surface area (Å²) in [6, 6.07) is 14.1. The highest BCUT2D eigenvalue weighted by molar-refractivity contribution is 5.97. The van der Waals surface area contributed by atoms with Crippen molar-refractivity contribution in [2.24, 2.45) is 11.8 Å². The van der Waals surface area contributed by atoms with Gasteiger partial charge in [0.1, 0.15) is 5.52 Å². The number of hydrogen-bond donors (Lipinski definition) is 1. The molecule has 2 saturated heterocycles. The Hall–Kier alpha value is -3.19. The molecular formula is C31H40N4O3. The summed E-state index contributed by atoms with van der Waals surface area (Å²) >= 11 is 0. The van der Waals surface area contributed by atoms with E-state index in [1.807, 2.05) is 61.2 Å². The zero-order valence-corrected chi connectivity index (χ0v) is 22.9. The molecule has 0 aliphatic carbocycles. The zero-order valence-electron chi connectivity index (χ0n) is 22.9. The first-order chi connectivity index (χ1) is 18.4. The van der Waals surface area contributed by atoms with E-state index in [0.29, 0.717) is 54.1 Å². The number of piperidine rings is 2. The molecule has 7 nitrogen and oxygen atoms in total. The predicted molar refractivity (Wildman–Crippen MR) is 150 cm³/mol. The van der Waals surface area contributed by atoms with Crippen molar-refractivity contribution in [3.63, 3.8) is 0 Å². The van der Waals surface area contributed by atoms with Crippen molar-refractivity contribution in [2.75, 3.05) is 32.7 Å². The van der Waals surface area contributed by atoms with Gasteiger partial charge >= 0.3 is 0 Å². The SMILES string of the molecule is Cc1ccc(-c2nc3cc(C(=O)N4CCC([C@@H](C)C(=O)NCCN5CCCC[C@H]5C)CC4)ccc3o2)cc1. The summed E-state index contributed by atoms with van der Waals surface area (Å²) in [4.78, 5) is 35.1. The van der Waals surface area contributed by atoms with Crippen LogP contribution in [0.5, 0.6) is 0 Å². The van der Waals surface area contributed by atoms with Gasteiger partial charge in [-0.25, -0.2) is 4.98 Å². The average molecular weight is 517 g/mol. The van der Waals surface area contributed by atoms with Crippen molar-refractivity contribution < 1.29 is 14.0 Å². The number of oxazole rings is 1. The molecule has 7 heteroatoms. The van der Waals surface area contributed by atoms with E-state index < -0.39 is 0 Å². The predicted octanol–water partition coefficient (Wildman–Crippen LogP) is 5.28. The van der Waals surface area contributed by atoms with Crippen LogP contribution in [0.2, 0.25) is 0 Å². The summed E-state index contributed by atoms with van der Waals surface area (Å²) in [6.07, 6.45) is 5.50. The molecule has 2 aliphatic rings. The minimum atomic E-state index is -0.0438. The summed E-state index contributed by atoms with van der Waals surface area (Å²) in [6.45, 7) is 10.5. The quantitative estimate of drug-likeness (QED) is 0.462. The Labute approximate surface area is 225 Å². The van der Waals surface area contributed by atoms with E-state index in [-0.39, 0.29) is 17.7 Å². The molecule has 1 aromatic heterocycles. The van der Waals surface area contributed by atoms with Crippen molar-refractivity contribution in [1.29, 1.82) is 0 Å². The lowest BCUT2D eigenvalue weighted by Crippen LogP contribution is -2.45. The summed E-state index contributed by atoms with van der Waals surface area (Å²) in [5, 5.41) is 3.16. The number of carbonyl (C=O) groups excluding carboxylic acids is 2. The van der Waals surface area contributed by atoms with Crippen LogP contribution in [-0.2, 0) is 4.79 Å². The van der Waals surface area contributed by atoms with E-state index in [2.05, 4.69) is 22.1 Å². The van der Waals surface area contributed by atoms with Crippen LogP contribution < -0.4 is 5.32 Å². The molecule has 0 unspecified atom stereocenters. The maximum Gasteiger partial charge on any atom is 0.253 e. The molecule has 38 heavy (non-hydrogen) atoms. The monoisotopic (exact) mass is 516 g/mol. The highest BCUT2D eigenvalue weighted by Crippen LogP contribution is 2.28. The Bertz CT molecular complexity index is 1260. The van der Waals surface area contributed by atoms with Gasteiger partial charge < -0.3 is 14.6 Å². The van der Waals surface area contributed by atoms with Gasteiger partial charge in [-0.2, -0.15) is 0 Å². The number of aryl methyl sites for hydroxylation is 1. The van der Waals surface area contributed by atoms with E-state index in [1.165, 1.54) is 24.8 Å². The Morgan fingerprint density at radius 1 is 1.05 bits per heavy atom. The van der Waals surface area contributed by atoms with Gasteiger partial charge in [0.15, 0.2) is 5.58 Å². The molecule has 0 saturated carbocycles. The number of benzene rings is 2. The van der Waals surface area contributed by atoms with Gasteiger partial charge in [-0.3, -0.25) is 14.5 Å². The second-order valence-corrected chi connectivity index (χ2v) is 11.2. The van der Waals surface area contributed by atoms with E-state index in [1.54, 1.807) is 0 Å². The standard InChI is InChI=1S/C31H40N4O3/c1-21-7-9-25(10-8-21)30-33-27-20-26(11-12-28(27)38-30)31(37)35-17-13-24(14-18-35)23(3)29(36)32-15-19-34-16-5-4-6-22(34)2/h7-12,20,22-24H,4-6,13-19H2,1-3H3,(H,32,36)/t22-,23-/m1/s1. The molecule has 0 spiro atoms. The average Bonchev–Trinajstić information content (AvgIpc) is 3.37. The number of nitrogens with one attached hydrogen (secondary N) is 1. The van der Waals surface area contributed by atoms with Gasteiger partial charge in [-0.1, -0.05) is 31.0 Å². The number of carbonyl (C=O) groups is 2. The molecular weight excluding hydrogens is 476 g/mol. The molecule has 5 rings (SSSR count). The summed E-state index contributed by atoms with van der Waals surface area (Å²) in [7, 11) is 0. The van der Waals surface area contributed by atoms with Crippen molar-refractivity contribution in [2.45, 2.75) is 58.9 Å². The van der Waals surface area contributed by atoms with E-state index in [9.17, 15) is 9.59 Å². The number of rotatable bonds is 7. The van der Waals surface area contributed by atoms with Gasteiger partial charge in [0.05, 0.1) is 0 Å². The first-order valence-electron chi connectivity index (χ1n) is 14.2. The number of aromatic nitrogens is 1. The lowest BCUT2D eigenvalue weighted by Gasteiger charge is -2.35. The molecule has 2 aromatic carbocycles. The second-order valence-electron chi connectivity index (χ2n) is 11.2. The van der Waals surface area contributed by atoms with Crippen LogP contribution in [0.25, 0.3) is 22.6 Å². The second kappa shape index (κ2) is 11.7. The van der Waals surface area contributed by atoms with Crippen molar-refractivity contribution in [3.8, 4) is 11.5 Å². The third-order valence-corrected chi connectivity index (χ3v) is 8.52. The summed E-state index contributed by atoms with van der Waals surface area (Å²) < 4.78 is 5.93. The topological polar surface area (TPSA) is 78.7 Å². The molecule has 2 atom stereocenters. The van der Waals surface area contributed by atoms with Gasteiger partial charge in [0, 0.05) is 49.3 Å². The smallest absolute Gasteiger partial charge is 0.253 e. The van der Waals surface area contributed by atoms with Crippen molar-refractivity contribution in [3.05, 3.63) is 53.6 Å². The number of hydrogen-bond acceptors (Lipinski definition) is 5. The van der Waals surface area contributed by atoms with Gasteiger partial charge in [-0.15, -0.1) is 0 Å². The number of fused-ring (bicyclic) bond motifs is 1. The van der Waals surface area contributed by atoms with Crippen LogP contribution in [0.3, 0.4) is 0 Å². The molecule has 3 heterocycles. The Balaban J connectivity index is 1.13. The fourth-order valence-corrected chi connectivity index (χ4v) is 5.85. The molecule has 2 fully saturated rings. The summed E-state index contributed by atoms with van der Waals surface area (Å²) in [5.41, 5.74) is 4.08. The highest BCUT2D eigenvalue weighted by atomic mass is 16.3. The van der Waals surface area contributed by atoms with Crippen LogP contribution in [0.15, 0.2) is 46.9 Å². The highest BCUT2D eigenvalue weighted by Gasteiger charge is 2.30. The molecule has 202 valence electrons. The van der Waals surface area contributed by atoms with Crippen molar-refractivity contribution in [1.82, 2.24) is 20.1 Å². The summed E-state index contributed by atoms with van der Waals surface area (Å²) in [5.74, 6) is 0.960. The normalized spacial score (nSPS) is 20.0. The van der Waals surface area contributed by atoms with Gasteiger partial charge in [0.25, 0.3) is 5.91 Å². The molecule has 3 aromatic rings. The fourth-order valence-electron chi connectivity index (χ4n) is 5.85. The number of amides is 2. The lowest BCUT2D eigenvalue weighted by molar-refractivity contribution is -0.126. The Morgan fingerprint density at radius 2 is 1.82 bits per heavy atom. The Morgan fingerprint density at radius 3 is 2.55 bits per heavy atom. The fraction of sp³-hybridized carbons (Fsp3) is 0.516. The van der Waals surface area contributed by atoms with E-state index in [0.717, 1.165) is 31.5 Å². The minimum absolute atomic E-state index is 0.0120. The van der Waals surface area contributed by atoms with Crippen molar-refractivity contribution >= 4 is 22.9 Å². The minimum Gasteiger partial charge on any atom is -0.436 e. The van der Waals surface area contributed by atoms with E-state index in [4.69, 9.17) is 4.42 Å². The molecule has 2 aliphatic heterocycles. The third kappa shape index (κ3) is 5.93. The lowest BCUT2D eigenvalue weighted by atomic mass is 9.84. The molecule has 0 bridgehead atoms. The number of likely N-dealkylation sites (tertiary alicyclic amines) is 2. The van der Waals surface area contributed by atoms with Gasteiger partial charge in [0.2, 0.25) is 11.8 Å². The Kier molecular flexibility index (Phi) is 8.12. The van der Waals surface area contributed by atoms with Crippen LogP contribution >= 0.6 is 0 Å². The molecule has 2 amide bonds. The number of nitrogens with zero attached hydrogens (tertiary/aromatic N) is 3. The first-order valence-corrected chi connectivity index (χ1v) is 14.2. The maximum atomic E-state index is 13.3. The van der Waals surface area contributed by atoms with Crippen LogP contribution in [0, 0.1) is 18.8 Å². The molecule has 0 radical (unpaired) electrons. The third-order valence-electron chi connectivity index (χ3n) is 8.52. The van der Waals surface area contributed by atoms with Crippen LogP contribution in [-0.4, -0.2) is 65.4 Å².